The van der Waals surface area contributed by atoms with Crippen LogP contribution in [0.4, 0.5) is 0 Å². The summed E-state index contributed by atoms with van der Waals surface area (Å²) >= 11 is 0. The molecule has 0 aliphatic carbocycles. The Kier molecular flexibility index (Phi) is 7.29. The summed E-state index contributed by atoms with van der Waals surface area (Å²) in [5.41, 5.74) is 1.01. The van der Waals surface area contributed by atoms with Gasteiger partial charge in [0.1, 0.15) is 0 Å². The molecule has 0 aliphatic heterocycles. The number of amides is 1. The van der Waals surface area contributed by atoms with Crippen molar-refractivity contribution in [2.24, 2.45) is 0 Å². The van der Waals surface area contributed by atoms with E-state index in [1.807, 2.05) is 61.5 Å². The summed E-state index contributed by atoms with van der Waals surface area (Å²) in [6.45, 7) is 2.08. The number of nitrogens with one attached hydrogen (secondary N) is 1. The molecule has 0 saturated heterocycles. The number of hydrogen-bond donors (Lipinski definition) is 1. The fourth-order valence-corrected chi connectivity index (χ4v) is 3.74. The van der Waals surface area contributed by atoms with Crippen LogP contribution in [0.3, 0.4) is 0 Å². The van der Waals surface area contributed by atoms with Gasteiger partial charge in [0.05, 0.1) is 26.5 Å². The average molecular weight is 487 g/mol. The van der Waals surface area contributed by atoms with Crippen LogP contribution in [-0.4, -0.2) is 34.5 Å². The van der Waals surface area contributed by atoms with E-state index in [0.717, 1.165) is 25.9 Å². The standard InChI is InChI=1S/C27H26N4O5/c1-18-9-7-8-12-20(18)17-30-26(33)24(25(32)28-16-19-10-5-4-6-11-19)29-31(27(30)34)21-13-14-22(35-2)23(15-21)36-3/h4-15H,16-17H2,1-3H3,(H,28,32). The molecule has 0 atom stereocenters. The number of aromatic nitrogens is 3. The summed E-state index contributed by atoms with van der Waals surface area (Å²) in [5.74, 6) is 0.149. The Bertz CT molecular complexity index is 1510. The van der Waals surface area contributed by atoms with Crippen molar-refractivity contribution in [1.82, 2.24) is 19.7 Å². The van der Waals surface area contributed by atoms with Gasteiger partial charge in [0, 0.05) is 12.6 Å². The summed E-state index contributed by atoms with van der Waals surface area (Å²) in [4.78, 5) is 39.9. The van der Waals surface area contributed by atoms with Gasteiger partial charge in [0.2, 0.25) is 5.69 Å². The Balaban J connectivity index is 1.83. The molecule has 1 aromatic heterocycles. The first kappa shape index (κ1) is 24.5. The van der Waals surface area contributed by atoms with Crippen molar-refractivity contribution < 1.29 is 14.3 Å². The van der Waals surface area contributed by atoms with Crippen molar-refractivity contribution in [3.05, 3.63) is 116 Å². The Labute approximate surface area is 207 Å². The molecular weight excluding hydrogens is 460 g/mol. The SMILES string of the molecule is COc1ccc(-n2nc(C(=O)NCc3ccccc3)c(=O)n(Cc3ccccc3C)c2=O)cc1OC. The van der Waals surface area contributed by atoms with Gasteiger partial charge in [-0.05, 0) is 35.7 Å². The van der Waals surface area contributed by atoms with E-state index in [0.29, 0.717) is 17.2 Å². The molecule has 1 N–H and O–H groups in total. The third-order valence-electron chi connectivity index (χ3n) is 5.77. The Hall–Kier alpha value is -4.66. The maximum Gasteiger partial charge on any atom is 0.352 e. The van der Waals surface area contributed by atoms with Crippen molar-refractivity contribution in [3.8, 4) is 17.2 Å². The van der Waals surface area contributed by atoms with Crippen LogP contribution in [0, 0.1) is 6.92 Å². The summed E-state index contributed by atoms with van der Waals surface area (Å²) in [6.07, 6.45) is 0. The number of benzene rings is 3. The molecule has 36 heavy (non-hydrogen) atoms. The highest BCUT2D eigenvalue weighted by Gasteiger charge is 2.21. The Morgan fingerprint density at radius 2 is 1.61 bits per heavy atom. The number of carbonyl (C=O) groups is 1. The molecule has 0 aliphatic rings. The normalized spacial score (nSPS) is 10.6. The number of carbonyl (C=O) groups excluding carboxylic acids is 1. The van der Waals surface area contributed by atoms with Crippen molar-refractivity contribution in [1.29, 1.82) is 0 Å². The lowest BCUT2D eigenvalue weighted by molar-refractivity contribution is 0.0941. The third kappa shape index (κ3) is 5.05. The first-order valence-electron chi connectivity index (χ1n) is 11.3. The highest BCUT2D eigenvalue weighted by atomic mass is 16.5. The molecule has 0 saturated carbocycles. The van der Waals surface area contributed by atoms with Gasteiger partial charge in [-0.1, -0.05) is 54.6 Å². The summed E-state index contributed by atoms with van der Waals surface area (Å²) < 4.78 is 12.7. The lowest BCUT2D eigenvalue weighted by Gasteiger charge is -2.14. The molecule has 0 bridgehead atoms. The predicted molar refractivity (Wildman–Crippen MR) is 135 cm³/mol. The van der Waals surface area contributed by atoms with Crippen molar-refractivity contribution in [2.75, 3.05) is 14.2 Å². The van der Waals surface area contributed by atoms with Crippen LogP contribution < -0.4 is 26.0 Å². The van der Waals surface area contributed by atoms with Crippen LogP contribution in [0.1, 0.15) is 27.2 Å². The van der Waals surface area contributed by atoms with Crippen LogP contribution in [0.5, 0.6) is 11.5 Å². The minimum atomic E-state index is -0.773. The van der Waals surface area contributed by atoms with Crippen LogP contribution >= 0.6 is 0 Å². The van der Waals surface area contributed by atoms with Crippen LogP contribution in [0.2, 0.25) is 0 Å². The molecule has 1 amide bonds. The molecule has 3 aromatic carbocycles. The van der Waals surface area contributed by atoms with E-state index >= 15 is 0 Å². The number of rotatable bonds is 8. The third-order valence-corrected chi connectivity index (χ3v) is 5.77. The molecule has 4 rings (SSSR count). The number of ether oxygens (including phenoxy) is 2. The van der Waals surface area contributed by atoms with E-state index in [1.165, 1.54) is 14.2 Å². The molecule has 1 heterocycles. The summed E-state index contributed by atoms with van der Waals surface area (Å²) in [7, 11) is 2.97. The summed E-state index contributed by atoms with van der Waals surface area (Å²) in [6, 6.07) is 21.5. The smallest absolute Gasteiger partial charge is 0.352 e. The molecule has 0 spiro atoms. The van der Waals surface area contributed by atoms with Crippen LogP contribution in [0.25, 0.3) is 5.69 Å². The Morgan fingerprint density at radius 3 is 2.31 bits per heavy atom. The second kappa shape index (κ2) is 10.7. The molecule has 9 heteroatoms. The van der Waals surface area contributed by atoms with Crippen LogP contribution in [0.15, 0.2) is 82.4 Å². The minimum absolute atomic E-state index is 0.0148. The van der Waals surface area contributed by atoms with Gasteiger partial charge in [-0.2, -0.15) is 9.78 Å². The van der Waals surface area contributed by atoms with Gasteiger partial charge in [-0.3, -0.25) is 14.2 Å². The second-order valence-corrected chi connectivity index (χ2v) is 8.07. The van der Waals surface area contributed by atoms with Gasteiger partial charge in [-0.25, -0.2) is 4.79 Å². The predicted octanol–water partition coefficient (Wildman–Crippen LogP) is 2.70. The van der Waals surface area contributed by atoms with Crippen molar-refractivity contribution in [3.63, 3.8) is 0 Å². The van der Waals surface area contributed by atoms with Gasteiger partial charge in [0.15, 0.2) is 11.5 Å². The topological polar surface area (TPSA) is 104 Å². The first-order valence-corrected chi connectivity index (χ1v) is 11.3. The first-order chi connectivity index (χ1) is 17.4. The average Bonchev–Trinajstić information content (AvgIpc) is 2.91. The molecular formula is C27H26N4O5. The quantitative estimate of drug-likeness (QED) is 0.411. The molecule has 0 fully saturated rings. The number of methoxy groups -OCH3 is 2. The molecule has 9 nitrogen and oxygen atoms in total. The van der Waals surface area contributed by atoms with E-state index in [2.05, 4.69) is 10.4 Å². The zero-order valence-corrected chi connectivity index (χ0v) is 20.2. The second-order valence-electron chi connectivity index (χ2n) is 8.07. The fourth-order valence-electron chi connectivity index (χ4n) is 3.74. The van der Waals surface area contributed by atoms with Gasteiger partial charge < -0.3 is 14.8 Å². The van der Waals surface area contributed by atoms with Crippen molar-refractivity contribution >= 4 is 5.91 Å². The van der Waals surface area contributed by atoms with E-state index in [1.54, 1.807) is 18.2 Å². The number of aryl methyl sites for hydroxylation is 1. The summed E-state index contributed by atoms with van der Waals surface area (Å²) in [5, 5.41) is 6.89. The van der Waals surface area contributed by atoms with Crippen molar-refractivity contribution in [2.45, 2.75) is 20.0 Å². The molecule has 0 unspecified atom stereocenters. The maximum atomic E-state index is 13.5. The zero-order valence-electron chi connectivity index (χ0n) is 20.2. The molecule has 0 radical (unpaired) electrons. The molecule has 4 aromatic rings. The van der Waals surface area contributed by atoms with Gasteiger partial charge >= 0.3 is 5.69 Å². The van der Waals surface area contributed by atoms with Crippen LogP contribution in [-0.2, 0) is 13.1 Å². The number of hydrogen-bond acceptors (Lipinski definition) is 6. The highest BCUT2D eigenvalue weighted by molar-refractivity contribution is 5.91. The molecule has 184 valence electrons. The van der Waals surface area contributed by atoms with E-state index in [4.69, 9.17) is 9.47 Å². The lowest BCUT2D eigenvalue weighted by Crippen LogP contribution is -2.46. The van der Waals surface area contributed by atoms with Gasteiger partial charge in [-0.15, -0.1) is 0 Å². The number of nitrogens with zero attached hydrogens (tertiary/aromatic N) is 3. The lowest BCUT2D eigenvalue weighted by atomic mass is 10.1. The zero-order chi connectivity index (χ0) is 25.7. The monoisotopic (exact) mass is 486 g/mol. The van der Waals surface area contributed by atoms with E-state index < -0.39 is 22.9 Å². The largest absolute Gasteiger partial charge is 0.493 e. The van der Waals surface area contributed by atoms with Gasteiger partial charge in [0.25, 0.3) is 11.5 Å². The fraction of sp³-hybridized carbons (Fsp3) is 0.185. The highest BCUT2D eigenvalue weighted by Crippen LogP contribution is 2.28. The Morgan fingerprint density at radius 1 is 0.917 bits per heavy atom. The van der Waals surface area contributed by atoms with E-state index in [-0.39, 0.29) is 13.1 Å². The minimum Gasteiger partial charge on any atom is -0.493 e. The maximum absolute atomic E-state index is 13.5. The van der Waals surface area contributed by atoms with E-state index in [9.17, 15) is 14.4 Å².